The van der Waals surface area contributed by atoms with Gasteiger partial charge in [-0.05, 0) is 18.4 Å². The minimum atomic E-state index is 0.235. The van der Waals surface area contributed by atoms with E-state index in [9.17, 15) is 0 Å². The van der Waals surface area contributed by atoms with Crippen LogP contribution in [0.25, 0.3) is 0 Å². The van der Waals surface area contributed by atoms with Gasteiger partial charge in [-0.2, -0.15) is 0 Å². The molecule has 1 rings (SSSR count). The third-order valence-corrected chi connectivity index (χ3v) is 1.59. The maximum atomic E-state index is 4.98. The maximum absolute atomic E-state index is 4.98. The van der Waals surface area contributed by atoms with Crippen LogP contribution in [0.3, 0.4) is 0 Å². The van der Waals surface area contributed by atoms with Gasteiger partial charge >= 0.3 is 0 Å². The molecule has 0 unspecified atom stereocenters. The minimum absolute atomic E-state index is 0.235. The molecular formula is C11H12NO. The molecule has 0 aromatic rings. The Balaban J connectivity index is 2.18. The van der Waals surface area contributed by atoms with Gasteiger partial charge in [0.2, 0.25) is 0 Å². The number of nitrogens with zero attached hydrogens (tertiary/aromatic N) is 1. The first kappa shape index (κ1) is 9.60. The van der Waals surface area contributed by atoms with E-state index in [-0.39, 0.29) is 6.61 Å². The van der Waals surface area contributed by atoms with Gasteiger partial charge < -0.3 is 4.84 Å². The van der Waals surface area contributed by atoms with Crippen molar-refractivity contribution in [2.45, 2.75) is 12.8 Å². The zero-order valence-electron chi connectivity index (χ0n) is 7.44. The average molecular weight is 174 g/mol. The Morgan fingerprint density at radius 1 is 1.69 bits per heavy atom. The van der Waals surface area contributed by atoms with E-state index in [0.29, 0.717) is 0 Å². The van der Waals surface area contributed by atoms with Crippen LogP contribution in [-0.4, -0.2) is 12.8 Å². The molecule has 0 spiro atoms. The minimum Gasteiger partial charge on any atom is -0.383 e. The fraction of sp³-hybridized carbons (Fsp3) is 0.273. The molecule has 0 N–H and O–H groups in total. The molecule has 1 radical (unpaired) electrons. The quantitative estimate of drug-likeness (QED) is 0.277. The highest BCUT2D eigenvalue weighted by atomic mass is 16.6. The van der Waals surface area contributed by atoms with Crippen LogP contribution >= 0.6 is 0 Å². The summed E-state index contributed by atoms with van der Waals surface area (Å²) in [6, 6.07) is 0. The summed E-state index contributed by atoms with van der Waals surface area (Å²) >= 11 is 0. The normalized spacial score (nSPS) is 15.5. The molecule has 0 fully saturated rings. The van der Waals surface area contributed by atoms with E-state index in [4.69, 9.17) is 11.3 Å². The summed E-state index contributed by atoms with van der Waals surface area (Å²) in [7, 11) is 0. The Hall–Kier alpha value is -1.49. The van der Waals surface area contributed by atoms with E-state index in [1.54, 1.807) is 6.21 Å². The Morgan fingerprint density at radius 3 is 3.31 bits per heavy atom. The van der Waals surface area contributed by atoms with Crippen molar-refractivity contribution in [2.75, 3.05) is 6.61 Å². The zero-order chi connectivity index (χ0) is 9.36. The van der Waals surface area contributed by atoms with Crippen molar-refractivity contribution < 1.29 is 4.84 Å². The highest BCUT2D eigenvalue weighted by molar-refractivity contribution is 5.62. The molecule has 0 amide bonds. The predicted molar refractivity (Wildman–Crippen MR) is 54.0 cm³/mol. The van der Waals surface area contributed by atoms with E-state index >= 15 is 0 Å². The highest BCUT2D eigenvalue weighted by Gasteiger charge is 1.94. The second-order valence-corrected chi connectivity index (χ2v) is 2.58. The molecule has 67 valence electrons. The van der Waals surface area contributed by atoms with Crippen molar-refractivity contribution in [1.29, 1.82) is 0 Å². The zero-order valence-corrected chi connectivity index (χ0v) is 7.44. The van der Waals surface area contributed by atoms with Crippen LogP contribution in [-0.2, 0) is 4.84 Å². The summed E-state index contributed by atoms with van der Waals surface area (Å²) in [5, 5.41) is 3.70. The van der Waals surface area contributed by atoms with Gasteiger partial charge in [0.15, 0.2) is 6.61 Å². The Bertz CT molecular complexity index is 268. The summed E-state index contributed by atoms with van der Waals surface area (Å²) < 4.78 is 0. The number of oxime groups is 1. The van der Waals surface area contributed by atoms with Crippen molar-refractivity contribution in [1.82, 2.24) is 0 Å². The topological polar surface area (TPSA) is 21.6 Å². The molecule has 1 aliphatic carbocycles. The summed E-state index contributed by atoms with van der Waals surface area (Å²) in [5.74, 6) is 2.34. The molecule has 0 aromatic carbocycles. The third-order valence-electron chi connectivity index (χ3n) is 1.59. The SMILES string of the molecule is C#CCON=CCC1=CC[CH]C=C1. The van der Waals surface area contributed by atoms with Crippen LogP contribution in [0, 0.1) is 18.8 Å². The number of allylic oxidation sites excluding steroid dienone is 4. The van der Waals surface area contributed by atoms with Crippen LogP contribution in [0.1, 0.15) is 12.8 Å². The van der Waals surface area contributed by atoms with Gasteiger partial charge in [0.25, 0.3) is 0 Å². The van der Waals surface area contributed by atoms with Crippen molar-refractivity contribution in [3.63, 3.8) is 0 Å². The van der Waals surface area contributed by atoms with Crippen molar-refractivity contribution in [3.05, 3.63) is 30.2 Å². The molecule has 0 aliphatic heterocycles. The number of terminal acetylenes is 1. The third kappa shape index (κ3) is 4.17. The molecule has 1 aliphatic rings. The maximum Gasteiger partial charge on any atom is 0.177 e. The van der Waals surface area contributed by atoms with Gasteiger partial charge in [-0.1, -0.05) is 29.3 Å². The van der Waals surface area contributed by atoms with Crippen molar-refractivity contribution >= 4 is 6.21 Å². The van der Waals surface area contributed by atoms with Gasteiger partial charge in [0.1, 0.15) is 0 Å². The van der Waals surface area contributed by atoms with Crippen LogP contribution in [0.15, 0.2) is 29.0 Å². The predicted octanol–water partition coefficient (Wildman–Crippen LogP) is 2.10. The number of hydrogen-bond donors (Lipinski definition) is 0. The molecule has 13 heavy (non-hydrogen) atoms. The summed E-state index contributed by atoms with van der Waals surface area (Å²) in [6.45, 7) is 0.235. The summed E-state index contributed by atoms with van der Waals surface area (Å²) in [5.41, 5.74) is 1.26. The second kappa shape index (κ2) is 6.07. The van der Waals surface area contributed by atoms with E-state index in [1.165, 1.54) is 5.57 Å². The van der Waals surface area contributed by atoms with Gasteiger partial charge in [-0.15, -0.1) is 6.42 Å². The first-order valence-corrected chi connectivity index (χ1v) is 4.19. The van der Waals surface area contributed by atoms with Crippen LogP contribution in [0.4, 0.5) is 0 Å². The molecule has 0 saturated carbocycles. The molecule has 0 bridgehead atoms. The summed E-state index contributed by atoms with van der Waals surface area (Å²) in [6.07, 6.45) is 16.9. The van der Waals surface area contributed by atoms with Crippen LogP contribution < -0.4 is 0 Å². The van der Waals surface area contributed by atoms with Crippen LogP contribution in [0.5, 0.6) is 0 Å². The lowest BCUT2D eigenvalue weighted by Crippen LogP contribution is -1.88. The number of hydrogen-bond acceptors (Lipinski definition) is 2. The molecule has 0 saturated heterocycles. The standard InChI is InChI=1S/C11H12NO/c1-2-10-13-12-9-8-11-6-4-3-5-7-11/h1,3-4,6-7,9H,5,8,10H2. The van der Waals surface area contributed by atoms with E-state index in [1.807, 2.05) is 6.08 Å². The Labute approximate surface area is 79.0 Å². The molecule has 0 atom stereocenters. The van der Waals surface area contributed by atoms with E-state index in [0.717, 1.165) is 12.8 Å². The average Bonchev–Trinajstić information content (AvgIpc) is 2.19. The lowest BCUT2D eigenvalue weighted by molar-refractivity contribution is 0.181. The number of rotatable bonds is 4. The van der Waals surface area contributed by atoms with Gasteiger partial charge in [-0.3, -0.25) is 0 Å². The first-order valence-electron chi connectivity index (χ1n) is 4.19. The van der Waals surface area contributed by atoms with Crippen LogP contribution in [0.2, 0.25) is 0 Å². The molecule has 2 nitrogen and oxygen atoms in total. The van der Waals surface area contributed by atoms with Crippen molar-refractivity contribution in [3.8, 4) is 12.3 Å². The van der Waals surface area contributed by atoms with Gasteiger partial charge in [-0.25, -0.2) is 0 Å². The fourth-order valence-corrected chi connectivity index (χ4v) is 0.979. The lowest BCUT2D eigenvalue weighted by Gasteiger charge is -2.01. The van der Waals surface area contributed by atoms with Gasteiger partial charge in [0.05, 0.1) is 0 Å². The molecule has 2 heteroatoms. The second-order valence-electron chi connectivity index (χ2n) is 2.58. The Kier molecular flexibility index (Phi) is 4.48. The van der Waals surface area contributed by atoms with Crippen molar-refractivity contribution in [2.24, 2.45) is 5.16 Å². The molecule has 0 heterocycles. The largest absolute Gasteiger partial charge is 0.383 e. The van der Waals surface area contributed by atoms with E-state index < -0.39 is 0 Å². The highest BCUT2D eigenvalue weighted by Crippen LogP contribution is 2.10. The monoisotopic (exact) mass is 174 g/mol. The van der Waals surface area contributed by atoms with E-state index in [2.05, 4.69) is 29.6 Å². The first-order chi connectivity index (χ1) is 6.43. The fourth-order valence-electron chi connectivity index (χ4n) is 0.979. The Morgan fingerprint density at radius 2 is 2.62 bits per heavy atom. The molecular weight excluding hydrogens is 162 g/mol. The summed E-state index contributed by atoms with van der Waals surface area (Å²) in [4.78, 5) is 4.75. The molecule has 0 aromatic heterocycles. The van der Waals surface area contributed by atoms with Gasteiger partial charge in [0, 0.05) is 12.6 Å². The smallest absolute Gasteiger partial charge is 0.177 e. The lowest BCUT2D eigenvalue weighted by atomic mass is 10.1.